The van der Waals surface area contributed by atoms with Gasteiger partial charge in [-0.05, 0) is 26.2 Å². The lowest BCUT2D eigenvalue weighted by molar-refractivity contribution is -0.0602. The molecule has 0 saturated heterocycles. The molecule has 1 heterocycles. The largest absolute Gasteiger partial charge is 0.382 e. The Labute approximate surface area is 78.7 Å². The van der Waals surface area contributed by atoms with E-state index in [0.29, 0.717) is 5.76 Å². The molecule has 1 aromatic heterocycles. The molecule has 0 bridgehead atoms. The molecule has 1 fully saturated rings. The molecule has 0 spiro atoms. The molecule has 74 valence electrons. The Morgan fingerprint density at radius 3 is 2.38 bits per heavy atom. The first-order chi connectivity index (χ1) is 6.21. The van der Waals surface area contributed by atoms with Crippen LogP contribution < -0.4 is 0 Å². The van der Waals surface area contributed by atoms with Crippen molar-refractivity contribution in [2.24, 2.45) is 0 Å². The third-order valence-corrected chi connectivity index (χ3v) is 2.27. The van der Waals surface area contributed by atoms with Gasteiger partial charge in [0.05, 0.1) is 5.69 Å². The topological polar surface area (TPSA) is 46.3 Å². The summed E-state index contributed by atoms with van der Waals surface area (Å²) in [5, 5.41) is 13.5. The lowest BCUT2D eigenvalue weighted by Crippen LogP contribution is -2.33. The molecule has 1 saturated carbocycles. The molecular formula is C10H17NO2. The molecule has 2 rings (SSSR count). The number of aryl methyl sites for hydroxylation is 1. The second kappa shape index (κ2) is 3.92. The van der Waals surface area contributed by atoms with Crippen LogP contribution in [-0.4, -0.2) is 10.3 Å². The fourth-order valence-corrected chi connectivity index (χ4v) is 1.34. The Morgan fingerprint density at radius 2 is 2.08 bits per heavy atom. The van der Waals surface area contributed by atoms with Crippen LogP contribution in [0, 0.1) is 6.92 Å². The minimum absolute atomic E-state index is 0.626. The number of aliphatic hydroxyl groups is 1. The van der Waals surface area contributed by atoms with E-state index in [9.17, 15) is 5.11 Å². The summed E-state index contributed by atoms with van der Waals surface area (Å²) in [6.45, 7) is 5.86. The van der Waals surface area contributed by atoms with E-state index in [0.717, 1.165) is 25.0 Å². The van der Waals surface area contributed by atoms with E-state index in [4.69, 9.17) is 4.52 Å². The first-order valence-electron chi connectivity index (χ1n) is 4.87. The Kier molecular flexibility index (Phi) is 3.09. The smallest absolute Gasteiger partial charge is 0.168 e. The van der Waals surface area contributed by atoms with Crippen molar-refractivity contribution >= 4 is 0 Å². The fourth-order valence-electron chi connectivity index (χ4n) is 1.34. The highest BCUT2D eigenvalue weighted by Gasteiger charge is 2.39. The van der Waals surface area contributed by atoms with Crippen LogP contribution in [0.2, 0.25) is 0 Å². The van der Waals surface area contributed by atoms with E-state index in [1.807, 2.05) is 20.8 Å². The van der Waals surface area contributed by atoms with Crippen molar-refractivity contribution in [2.45, 2.75) is 45.6 Å². The summed E-state index contributed by atoms with van der Waals surface area (Å²) in [4.78, 5) is 0. The third kappa shape index (κ3) is 1.91. The van der Waals surface area contributed by atoms with Gasteiger partial charge in [-0.1, -0.05) is 19.0 Å². The van der Waals surface area contributed by atoms with Gasteiger partial charge in [0.15, 0.2) is 5.76 Å². The normalized spacial score (nSPS) is 18.5. The van der Waals surface area contributed by atoms with Gasteiger partial charge in [-0.3, -0.25) is 0 Å². The Hall–Kier alpha value is -0.830. The second-order valence-corrected chi connectivity index (χ2v) is 3.22. The lowest BCUT2D eigenvalue weighted by Gasteiger charge is -2.33. The van der Waals surface area contributed by atoms with Crippen molar-refractivity contribution in [3.05, 3.63) is 17.5 Å². The van der Waals surface area contributed by atoms with Crippen molar-refractivity contribution in [3.63, 3.8) is 0 Å². The van der Waals surface area contributed by atoms with Crippen molar-refractivity contribution in [2.75, 3.05) is 0 Å². The molecule has 13 heavy (non-hydrogen) atoms. The molecule has 0 amide bonds. The first-order valence-corrected chi connectivity index (χ1v) is 4.87. The Morgan fingerprint density at radius 1 is 1.46 bits per heavy atom. The number of nitrogens with zero attached hydrogens (tertiary/aromatic N) is 1. The highest BCUT2D eigenvalue weighted by atomic mass is 16.5. The number of rotatable bonds is 1. The predicted molar refractivity (Wildman–Crippen MR) is 50.3 cm³/mol. The Balaban J connectivity index is 0.000000396. The molecule has 1 aliphatic carbocycles. The van der Waals surface area contributed by atoms with Crippen LogP contribution in [0.3, 0.4) is 0 Å². The molecule has 3 nitrogen and oxygen atoms in total. The van der Waals surface area contributed by atoms with Crippen molar-refractivity contribution in [1.29, 1.82) is 0 Å². The first kappa shape index (κ1) is 10.3. The van der Waals surface area contributed by atoms with Gasteiger partial charge >= 0.3 is 0 Å². The molecule has 0 aliphatic heterocycles. The van der Waals surface area contributed by atoms with E-state index in [1.54, 1.807) is 6.07 Å². The van der Waals surface area contributed by atoms with E-state index in [2.05, 4.69) is 5.16 Å². The SMILES string of the molecule is CC.Cc1cc(C2(O)CCC2)on1. The molecule has 1 N–H and O–H groups in total. The summed E-state index contributed by atoms with van der Waals surface area (Å²) in [5.41, 5.74) is 0.140. The van der Waals surface area contributed by atoms with E-state index in [-0.39, 0.29) is 0 Å². The average Bonchev–Trinajstić information content (AvgIpc) is 2.52. The van der Waals surface area contributed by atoms with Gasteiger partial charge in [-0.25, -0.2) is 0 Å². The number of hydrogen-bond donors (Lipinski definition) is 1. The summed E-state index contributed by atoms with van der Waals surface area (Å²) >= 11 is 0. The fraction of sp³-hybridized carbons (Fsp3) is 0.700. The lowest BCUT2D eigenvalue weighted by atomic mass is 9.78. The van der Waals surface area contributed by atoms with Crippen molar-refractivity contribution < 1.29 is 9.63 Å². The van der Waals surface area contributed by atoms with E-state index in [1.165, 1.54) is 0 Å². The van der Waals surface area contributed by atoms with Gasteiger partial charge in [0, 0.05) is 6.07 Å². The third-order valence-electron chi connectivity index (χ3n) is 2.27. The summed E-state index contributed by atoms with van der Waals surface area (Å²) in [5.74, 6) is 0.626. The van der Waals surface area contributed by atoms with Crippen molar-refractivity contribution in [3.8, 4) is 0 Å². The van der Waals surface area contributed by atoms with Crippen molar-refractivity contribution in [1.82, 2.24) is 5.16 Å². The van der Waals surface area contributed by atoms with Crippen LogP contribution in [0.15, 0.2) is 10.6 Å². The maximum absolute atomic E-state index is 9.76. The minimum Gasteiger partial charge on any atom is -0.382 e. The minimum atomic E-state index is -0.693. The van der Waals surface area contributed by atoms with Crippen LogP contribution in [0.4, 0.5) is 0 Å². The Bertz CT molecular complexity index is 264. The summed E-state index contributed by atoms with van der Waals surface area (Å²) in [6, 6.07) is 1.80. The van der Waals surface area contributed by atoms with E-state index < -0.39 is 5.60 Å². The molecule has 0 aromatic carbocycles. The van der Waals surface area contributed by atoms with Gasteiger partial charge in [0.25, 0.3) is 0 Å². The van der Waals surface area contributed by atoms with Gasteiger partial charge in [-0.15, -0.1) is 0 Å². The average molecular weight is 183 g/mol. The summed E-state index contributed by atoms with van der Waals surface area (Å²) in [7, 11) is 0. The molecule has 1 aromatic rings. The predicted octanol–water partition coefficient (Wildman–Crippen LogP) is 2.38. The molecule has 0 atom stereocenters. The maximum Gasteiger partial charge on any atom is 0.168 e. The summed E-state index contributed by atoms with van der Waals surface area (Å²) in [6.07, 6.45) is 2.69. The monoisotopic (exact) mass is 183 g/mol. The molecule has 0 radical (unpaired) electrons. The van der Waals surface area contributed by atoms with Crippen LogP contribution in [-0.2, 0) is 5.60 Å². The molecular weight excluding hydrogens is 166 g/mol. The van der Waals surface area contributed by atoms with Crippen LogP contribution >= 0.6 is 0 Å². The molecule has 0 unspecified atom stereocenters. The maximum atomic E-state index is 9.76. The van der Waals surface area contributed by atoms with E-state index >= 15 is 0 Å². The van der Waals surface area contributed by atoms with Crippen LogP contribution in [0.25, 0.3) is 0 Å². The summed E-state index contributed by atoms with van der Waals surface area (Å²) < 4.78 is 4.97. The second-order valence-electron chi connectivity index (χ2n) is 3.22. The zero-order chi connectivity index (χ0) is 9.90. The van der Waals surface area contributed by atoms with Gasteiger partial charge < -0.3 is 9.63 Å². The van der Waals surface area contributed by atoms with Crippen LogP contribution in [0.1, 0.15) is 44.6 Å². The van der Waals surface area contributed by atoms with Gasteiger partial charge in [0.2, 0.25) is 0 Å². The molecule has 3 heteroatoms. The number of aromatic nitrogens is 1. The highest BCUT2D eigenvalue weighted by Crippen LogP contribution is 2.40. The zero-order valence-corrected chi connectivity index (χ0v) is 8.50. The van der Waals surface area contributed by atoms with Gasteiger partial charge in [0.1, 0.15) is 5.60 Å². The zero-order valence-electron chi connectivity index (χ0n) is 8.50. The molecule has 1 aliphatic rings. The standard InChI is InChI=1S/C8H11NO2.C2H6/c1-6-5-7(11-9-6)8(10)3-2-4-8;1-2/h5,10H,2-4H2,1H3;1-2H3. The van der Waals surface area contributed by atoms with Crippen LogP contribution in [0.5, 0.6) is 0 Å². The van der Waals surface area contributed by atoms with Gasteiger partial charge in [-0.2, -0.15) is 0 Å². The number of hydrogen-bond acceptors (Lipinski definition) is 3. The quantitative estimate of drug-likeness (QED) is 0.727. The highest BCUT2D eigenvalue weighted by molar-refractivity contribution is 5.14.